The Morgan fingerprint density at radius 2 is 2.32 bits per heavy atom. The van der Waals surface area contributed by atoms with Crippen LogP contribution in [0.3, 0.4) is 0 Å². The third-order valence-electron chi connectivity index (χ3n) is 2.46. The SMILES string of the molecule is COC(C)CN(C)C(=O)Nc1cnn(CC(=O)O)c1. The maximum atomic E-state index is 11.8. The summed E-state index contributed by atoms with van der Waals surface area (Å²) in [7, 11) is 3.22. The lowest BCUT2D eigenvalue weighted by Crippen LogP contribution is -2.36. The number of rotatable bonds is 6. The van der Waals surface area contributed by atoms with E-state index in [1.54, 1.807) is 14.2 Å². The second kappa shape index (κ2) is 6.74. The van der Waals surface area contributed by atoms with Crippen molar-refractivity contribution in [2.24, 2.45) is 0 Å². The van der Waals surface area contributed by atoms with Crippen LogP contribution in [0.5, 0.6) is 0 Å². The molecule has 8 heteroatoms. The first-order valence-electron chi connectivity index (χ1n) is 5.71. The van der Waals surface area contributed by atoms with E-state index >= 15 is 0 Å². The van der Waals surface area contributed by atoms with E-state index in [-0.39, 0.29) is 18.7 Å². The van der Waals surface area contributed by atoms with E-state index in [0.717, 1.165) is 0 Å². The zero-order valence-corrected chi connectivity index (χ0v) is 11.2. The van der Waals surface area contributed by atoms with E-state index in [1.165, 1.54) is 22.0 Å². The van der Waals surface area contributed by atoms with E-state index in [0.29, 0.717) is 12.2 Å². The molecule has 2 amide bonds. The van der Waals surface area contributed by atoms with Gasteiger partial charge < -0.3 is 20.1 Å². The highest BCUT2D eigenvalue weighted by atomic mass is 16.5. The van der Waals surface area contributed by atoms with Crippen LogP contribution in [-0.4, -0.2) is 58.6 Å². The Morgan fingerprint density at radius 3 is 2.89 bits per heavy atom. The number of ether oxygens (including phenoxy) is 1. The second-order valence-electron chi connectivity index (χ2n) is 4.18. The van der Waals surface area contributed by atoms with Gasteiger partial charge in [0.25, 0.3) is 0 Å². The van der Waals surface area contributed by atoms with Gasteiger partial charge in [0, 0.05) is 26.9 Å². The normalized spacial score (nSPS) is 11.9. The summed E-state index contributed by atoms with van der Waals surface area (Å²) in [5.74, 6) is -0.994. The van der Waals surface area contributed by atoms with Crippen LogP contribution in [0.1, 0.15) is 6.92 Å². The van der Waals surface area contributed by atoms with Crippen LogP contribution in [0.15, 0.2) is 12.4 Å². The van der Waals surface area contributed by atoms with Gasteiger partial charge in [-0.05, 0) is 6.92 Å². The number of aromatic nitrogens is 2. The van der Waals surface area contributed by atoms with E-state index in [1.807, 2.05) is 6.92 Å². The van der Waals surface area contributed by atoms with Crippen LogP contribution in [0.2, 0.25) is 0 Å². The van der Waals surface area contributed by atoms with Crippen LogP contribution >= 0.6 is 0 Å². The van der Waals surface area contributed by atoms with Crippen LogP contribution in [0.4, 0.5) is 10.5 Å². The second-order valence-corrected chi connectivity index (χ2v) is 4.18. The summed E-state index contributed by atoms with van der Waals surface area (Å²) in [4.78, 5) is 23.8. The summed E-state index contributed by atoms with van der Waals surface area (Å²) in [5, 5.41) is 15.0. The molecule has 8 nitrogen and oxygen atoms in total. The highest BCUT2D eigenvalue weighted by molar-refractivity contribution is 5.88. The monoisotopic (exact) mass is 270 g/mol. The van der Waals surface area contributed by atoms with Crippen molar-refractivity contribution >= 4 is 17.7 Å². The van der Waals surface area contributed by atoms with Gasteiger partial charge in [-0.1, -0.05) is 0 Å². The lowest BCUT2D eigenvalue weighted by atomic mass is 10.4. The van der Waals surface area contributed by atoms with Crippen molar-refractivity contribution in [3.8, 4) is 0 Å². The minimum atomic E-state index is -0.994. The molecule has 0 fully saturated rings. The Bertz CT molecular complexity index is 446. The summed E-state index contributed by atoms with van der Waals surface area (Å²) in [6.45, 7) is 2.06. The molecule has 0 bridgehead atoms. The largest absolute Gasteiger partial charge is 0.480 e. The standard InChI is InChI=1S/C11H18N4O4/c1-8(19-3)5-14(2)11(18)13-9-4-12-15(6-9)7-10(16)17/h4,6,8H,5,7H2,1-3H3,(H,13,18)(H,16,17). The number of carboxylic acid groups (broad SMARTS) is 1. The Morgan fingerprint density at radius 1 is 1.63 bits per heavy atom. The molecule has 1 aromatic rings. The maximum absolute atomic E-state index is 11.8. The van der Waals surface area contributed by atoms with Gasteiger partial charge in [-0.15, -0.1) is 0 Å². The smallest absolute Gasteiger partial charge is 0.325 e. The average Bonchev–Trinajstić information content (AvgIpc) is 2.75. The zero-order valence-electron chi connectivity index (χ0n) is 11.2. The lowest BCUT2D eigenvalue weighted by molar-refractivity contribution is -0.137. The van der Waals surface area contributed by atoms with Crippen molar-refractivity contribution in [1.82, 2.24) is 14.7 Å². The number of aliphatic carboxylic acids is 1. The zero-order chi connectivity index (χ0) is 14.4. The molecule has 0 aliphatic heterocycles. The van der Waals surface area contributed by atoms with Crippen molar-refractivity contribution in [3.63, 3.8) is 0 Å². The molecule has 106 valence electrons. The Kier molecular flexibility index (Phi) is 5.31. The minimum absolute atomic E-state index is 0.0644. The molecule has 0 aliphatic carbocycles. The molecule has 0 aliphatic rings. The summed E-state index contributed by atoms with van der Waals surface area (Å²) in [5.41, 5.74) is 0.447. The lowest BCUT2D eigenvalue weighted by Gasteiger charge is -2.20. The van der Waals surface area contributed by atoms with Gasteiger partial charge in [0.1, 0.15) is 6.54 Å². The summed E-state index contributed by atoms with van der Waals surface area (Å²) in [6, 6.07) is -0.307. The molecule has 0 saturated heterocycles. The molecule has 0 aromatic carbocycles. The van der Waals surface area contributed by atoms with Gasteiger partial charge in [0.15, 0.2) is 0 Å². The van der Waals surface area contributed by atoms with Gasteiger partial charge >= 0.3 is 12.0 Å². The Balaban J connectivity index is 2.52. The van der Waals surface area contributed by atoms with Crippen LogP contribution in [0, 0.1) is 0 Å². The number of anilines is 1. The molecule has 19 heavy (non-hydrogen) atoms. The number of urea groups is 1. The number of nitrogens with zero attached hydrogens (tertiary/aromatic N) is 3. The van der Waals surface area contributed by atoms with Gasteiger partial charge in [-0.2, -0.15) is 5.10 Å². The van der Waals surface area contributed by atoms with E-state index in [4.69, 9.17) is 9.84 Å². The van der Waals surface area contributed by atoms with Crippen LogP contribution in [0.25, 0.3) is 0 Å². The first kappa shape index (κ1) is 15.0. The number of likely N-dealkylation sites (N-methyl/N-ethyl adjacent to an activating group) is 1. The highest BCUT2D eigenvalue weighted by Gasteiger charge is 2.13. The first-order valence-corrected chi connectivity index (χ1v) is 5.71. The third-order valence-corrected chi connectivity index (χ3v) is 2.46. The molecule has 0 saturated carbocycles. The molecule has 1 aromatic heterocycles. The fraction of sp³-hybridized carbons (Fsp3) is 0.545. The fourth-order valence-corrected chi connectivity index (χ4v) is 1.42. The predicted molar refractivity (Wildman–Crippen MR) is 68.0 cm³/mol. The summed E-state index contributed by atoms with van der Waals surface area (Å²) in [6.07, 6.45) is 2.79. The third kappa shape index (κ3) is 4.96. The molecule has 1 rings (SSSR count). The Hall–Kier alpha value is -2.09. The highest BCUT2D eigenvalue weighted by Crippen LogP contribution is 2.06. The van der Waals surface area contributed by atoms with Crippen molar-refractivity contribution < 1.29 is 19.4 Å². The molecule has 2 N–H and O–H groups in total. The molecule has 0 radical (unpaired) electrons. The van der Waals surface area contributed by atoms with E-state index in [2.05, 4.69) is 10.4 Å². The molecular weight excluding hydrogens is 252 g/mol. The molecular formula is C11H18N4O4. The number of carbonyl (C=O) groups excluding carboxylic acids is 1. The number of carbonyl (C=O) groups is 2. The summed E-state index contributed by atoms with van der Waals surface area (Å²) < 4.78 is 6.30. The van der Waals surface area contributed by atoms with E-state index in [9.17, 15) is 9.59 Å². The van der Waals surface area contributed by atoms with Crippen molar-refractivity contribution in [1.29, 1.82) is 0 Å². The average molecular weight is 270 g/mol. The number of hydrogen-bond donors (Lipinski definition) is 2. The quantitative estimate of drug-likeness (QED) is 0.783. The van der Waals surface area contributed by atoms with Crippen molar-refractivity contribution in [2.75, 3.05) is 26.0 Å². The van der Waals surface area contributed by atoms with Gasteiger partial charge in [0.2, 0.25) is 0 Å². The number of nitrogens with one attached hydrogen (secondary N) is 1. The molecule has 0 spiro atoms. The molecule has 1 unspecified atom stereocenters. The number of carboxylic acids is 1. The van der Waals surface area contributed by atoms with E-state index < -0.39 is 5.97 Å². The van der Waals surface area contributed by atoms with Gasteiger partial charge in [0.05, 0.1) is 18.0 Å². The van der Waals surface area contributed by atoms with Crippen molar-refractivity contribution in [2.45, 2.75) is 19.6 Å². The predicted octanol–water partition coefficient (Wildman–Crippen LogP) is 0.466. The molecule has 1 atom stereocenters. The Labute approximate surface area is 110 Å². The summed E-state index contributed by atoms with van der Waals surface area (Å²) >= 11 is 0. The number of hydrogen-bond acceptors (Lipinski definition) is 4. The van der Waals surface area contributed by atoms with Crippen LogP contribution in [-0.2, 0) is 16.1 Å². The topological polar surface area (TPSA) is 96.7 Å². The van der Waals surface area contributed by atoms with Gasteiger partial charge in [-0.25, -0.2) is 4.79 Å². The van der Waals surface area contributed by atoms with Crippen LogP contribution < -0.4 is 5.32 Å². The van der Waals surface area contributed by atoms with Gasteiger partial charge in [-0.3, -0.25) is 9.48 Å². The molecule has 1 heterocycles. The fourth-order valence-electron chi connectivity index (χ4n) is 1.42. The first-order chi connectivity index (χ1) is 8.92. The number of methoxy groups -OCH3 is 1. The maximum Gasteiger partial charge on any atom is 0.325 e. The number of amides is 2. The van der Waals surface area contributed by atoms with Crippen molar-refractivity contribution in [3.05, 3.63) is 12.4 Å². The minimum Gasteiger partial charge on any atom is -0.480 e.